The Morgan fingerprint density at radius 3 is 2.36 bits per heavy atom. The maximum Gasteiger partial charge on any atom is 0.254 e. The number of aryl methyl sites for hydroxylation is 1. The van der Waals surface area contributed by atoms with Crippen LogP contribution in [0.15, 0.2) is 0 Å². The number of thiophene rings is 1. The van der Waals surface area contributed by atoms with Crippen LogP contribution in [0, 0.1) is 17.8 Å². The quantitative estimate of drug-likeness (QED) is 0.858. The number of nitrogens with one attached hydrogen (secondary N) is 2. The molecule has 0 saturated heterocycles. The molecule has 0 radical (unpaired) electrons. The summed E-state index contributed by atoms with van der Waals surface area (Å²) in [5.41, 5.74) is 1.99. The van der Waals surface area contributed by atoms with E-state index in [4.69, 9.17) is 0 Å². The summed E-state index contributed by atoms with van der Waals surface area (Å²) in [6, 6.07) is 0.349. The molecule has 4 aliphatic rings. The second kappa shape index (κ2) is 6.11. The Balaban J connectivity index is 1.39. The zero-order valence-corrected chi connectivity index (χ0v) is 15.4. The van der Waals surface area contributed by atoms with Crippen molar-refractivity contribution in [2.24, 2.45) is 17.8 Å². The number of carbonyl (C=O) groups is 2. The molecule has 1 aromatic heterocycles. The standard InChI is InChI=1S/C20H26N2O2S/c23-18(16-12-5-1-2-6-13(12)16)22-20-17(19(24)21-11-9-10-11)14-7-3-4-8-15(14)25-20/h11-13,16H,1-10H2,(H,21,24)(H,22,23)/t12-,13+,16?. The van der Waals surface area contributed by atoms with Gasteiger partial charge in [-0.1, -0.05) is 12.8 Å². The van der Waals surface area contributed by atoms with E-state index >= 15 is 0 Å². The van der Waals surface area contributed by atoms with Crippen LogP contribution in [0.25, 0.3) is 0 Å². The van der Waals surface area contributed by atoms with E-state index in [0.29, 0.717) is 17.9 Å². The summed E-state index contributed by atoms with van der Waals surface area (Å²) in [7, 11) is 0. The van der Waals surface area contributed by atoms with Crippen LogP contribution in [0.1, 0.15) is 72.2 Å². The molecular formula is C20H26N2O2S. The Morgan fingerprint density at radius 1 is 0.920 bits per heavy atom. The first-order chi connectivity index (χ1) is 12.2. The van der Waals surface area contributed by atoms with Crippen LogP contribution < -0.4 is 10.6 Å². The van der Waals surface area contributed by atoms with Crippen LogP contribution in [0.5, 0.6) is 0 Å². The first-order valence-corrected chi connectivity index (χ1v) is 10.8. The minimum Gasteiger partial charge on any atom is -0.349 e. The molecule has 2 amide bonds. The SMILES string of the molecule is O=C(NC1CC1)c1c(NC(=O)C2[C@H]3CCCC[C@@H]23)sc2c1CCCC2. The van der Waals surface area contributed by atoms with Gasteiger partial charge in [0.15, 0.2) is 0 Å². The molecular weight excluding hydrogens is 332 g/mol. The third kappa shape index (κ3) is 2.90. The Morgan fingerprint density at radius 2 is 1.64 bits per heavy atom. The first kappa shape index (κ1) is 15.9. The lowest BCUT2D eigenvalue weighted by Crippen LogP contribution is -2.27. The number of rotatable bonds is 4. The van der Waals surface area contributed by atoms with E-state index in [1.165, 1.54) is 42.5 Å². The number of amides is 2. The van der Waals surface area contributed by atoms with Crippen molar-refractivity contribution in [3.8, 4) is 0 Å². The Labute approximate surface area is 152 Å². The third-order valence-corrected chi connectivity index (χ3v) is 7.71. The van der Waals surface area contributed by atoms with Gasteiger partial charge < -0.3 is 10.6 Å². The number of hydrogen-bond donors (Lipinski definition) is 2. The fraction of sp³-hybridized carbons (Fsp3) is 0.700. The van der Waals surface area contributed by atoms with Gasteiger partial charge in [0.05, 0.1) is 5.56 Å². The van der Waals surface area contributed by atoms with Crippen LogP contribution in [0.2, 0.25) is 0 Å². The normalized spacial score (nSPS) is 30.2. The summed E-state index contributed by atoms with van der Waals surface area (Å²) in [5, 5.41) is 7.13. The van der Waals surface area contributed by atoms with Crippen LogP contribution >= 0.6 is 11.3 Å². The van der Waals surface area contributed by atoms with Gasteiger partial charge in [-0.3, -0.25) is 9.59 Å². The molecule has 0 bridgehead atoms. The van der Waals surface area contributed by atoms with E-state index in [1.54, 1.807) is 11.3 Å². The van der Waals surface area contributed by atoms with Crippen molar-refractivity contribution in [2.45, 2.75) is 70.3 Å². The second-order valence-electron chi connectivity index (χ2n) is 8.29. The summed E-state index contributed by atoms with van der Waals surface area (Å²) >= 11 is 1.65. The highest BCUT2D eigenvalue weighted by molar-refractivity contribution is 7.17. The van der Waals surface area contributed by atoms with Crippen molar-refractivity contribution in [3.63, 3.8) is 0 Å². The average molecular weight is 359 g/mol. The van der Waals surface area contributed by atoms with Gasteiger partial charge in [-0.25, -0.2) is 0 Å². The van der Waals surface area contributed by atoms with Gasteiger partial charge in [0.1, 0.15) is 5.00 Å². The first-order valence-electron chi connectivity index (χ1n) is 9.98. The summed E-state index contributed by atoms with van der Waals surface area (Å²) in [6.07, 6.45) is 11.5. The fourth-order valence-electron chi connectivity index (χ4n) is 4.96. The lowest BCUT2D eigenvalue weighted by Gasteiger charge is -2.13. The summed E-state index contributed by atoms with van der Waals surface area (Å²) in [5.74, 6) is 1.60. The van der Waals surface area contributed by atoms with Gasteiger partial charge >= 0.3 is 0 Å². The molecule has 134 valence electrons. The predicted molar refractivity (Wildman–Crippen MR) is 99.0 cm³/mol. The minimum atomic E-state index is 0.0328. The molecule has 4 nitrogen and oxygen atoms in total. The monoisotopic (exact) mass is 358 g/mol. The molecule has 1 heterocycles. The highest BCUT2D eigenvalue weighted by Gasteiger charge is 2.54. The smallest absolute Gasteiger partial charge is 0.254 e. The van der Waals surface area contributed by atoms with Gasteiger partial charge in [-0.05, 0) is 68.8 Å². The zero-order chi connectivity index (χ0) is 17.0. The molecule has 2 N–H and O–H groups in total. The average Bonchev–Trinajstić information content (AvgIpc) is 3.51. The summed E-state index contributed by atoms with van der Waals surface area (Å²) in [6.45, 7) is 0. The van der Waals surface area contributed by atoms with Crippen LogP contribution in [-0.4, -0.2) is 17.9 Å². The van der Waals surface area contributed by atoms with E-state index in [9.17, 15) is 9.59 Å². The minimum absolute atomic E-state index is 0.0328. The number of fused-ring (bicyclic) bond motifs is 2. The molecule has 0 aromatic carbocycles. The van der Waals surface area contributed by atoms with Crippen LogP contribution in [-0.2, 0) is 17.6 Å². The Hall–Kier alpha value is -1.36. The zero-order valence-electron chi connectivity index (χ0n) is 14.6. The van der Waals surface area contributed by atoms with Crippen molar-refractivity contribution in [2.75, 3.05) is 5.32 Å². The molecule has 3 atom stereocenters. The summed E-state index contributed by atoms with van der Waals surface area (Å²) < 4.78 is 0. The largest absolute Gasteiger partial charge is 0.349 e. The highest BCUT2D eigenvalue weighted by atomic mass is 32.1. The molecule has 0 aliphatic heterocycles. The molecule has 1 unspecified atom stereocenters. The molecule has 3 saturated carbocycles. The third-order valence-electron chi connectivity index (χ3n) is 6.51. The van der Waals surface area contributed by atoms with Gasteiger partial charge in [0.2, 0.25) is 5.91 Å². The molecule has 25 heavy (non-hydrogen) atoms. The molecule has 3 fully saturated rings. The lowest BCUT2D eigenvalue weighted by atomic mass is 9.95. The molecule has 5 rings (SSSR count). The van der Waals surface area contributed by atoms with Crippen molar-refractivity contribution in [1.82, 2.24) is 5.32 Å². The molecule has 4 aliphatic carbocycles. The van der Waals surface area contributed by atoms with Crippen molar-refractivity contribution in [1.29, 1.82) is 0 Å². The predicted octanol–water partition coefficient (Wildman–Crippen LogP) is 3.89. The fourth-order valence-corrected chi connectivity index (χ4v) is 6.25. The van der Waals surface area contributed by atoms with Gasteiger partial charge in [0, 0.05) is 16.8 Å². The van der Waals surface area contributed by atoms with Gasteiger partial charge in [-0.2, -0.15) is 0 Å². The summed E-state index contributed by atoms with van der Waals surface area (Å²) in [4.78, 5) is 27.0. The molecule has 5 heteroatoms. The highest BCUT2D eigenvalue weighted by Crippen LogP contribution is 2.56. The maximum atomic E-state index is 12.8. The molecule has 1 aromatic rings. The number of hydrogen-bond acceptors (Lipinski definition) is 3. The second-order valence-corrected chi connectivity index (χ2v) is 9.40. The molecule has 0 spiro atoms. The van der Waals surface area contributed by atoms with E-state index in [0.717, 1.165) is 42.7 Å². The van der Waals surface area contributed by atoms with Gasteiger partial charge in [0.25, 0.3) is 5.91 Å². The van der Waals surface area contributed by atoms with E-state index < -0.39 is 0 Å². The topological polar surface area (TPSA) is 58.2 Å². The Bertz CT molecular complexity index is 710. The van der Waals surface area contributed by atoms with Gasteiger partial charge in [-0.15, -0.1) is 11.3 Å². The van der Waals surface area contributed by atoms with Crippen LogP contribution in [0.4, 0.5) is 5.00 Å². The lowest BCUT2D eigenvalue weighted by molar-refractivity contribution is -0.117. The number of anilines is 1. The maximum absolute atomic E-state index is 12.8. The van der Waals surface area contributed by atoms with Crippen molar-refractivity contribution < 1.29 is 9.59 Å². The number of carbonyl (C=O) groups excluding carboxylic acids is 2. The van der Waals surface area contributed by atoms with E-state index in [2.05, 4.69) is 10.6 Å². The Kier molecular flexibility index (Phi) is 3.88. The van der Waals surface area contributed by atoms with E-state index in [1.807, 2.05) is 0 Å². The van der Waals surface area contributed by atoms with Crippen molar-refractivity contribution >= 4 is 28.2 Å². The van der Waals surface area contributed by atoms with E-state index in [-0.39, 0.29) is 17.7 Å². The van der Waals surface area contributed by atoms with Crippen LogP contribution in [0.3, 0.4) is 0 Å². The van der Waals surface area contributed by atoms with Crippen molar-refractivity contribution in [3.05, 3.63) is 16.0 Å².